The molecule has 2 aliphatic rings. The van der Waals surface area contributed by atoms with Crippen LogP contribution < -0.4 is 5.56 Å². The van der Waals surface area contributed by atoms with E-state index in [2.05, 4.69) is 0 Å². The number of ether oxygens (including phenoxy) is 1. The van der Waals surface area contributed by atoms with Gasteiger partial charge in [0.1, 0.15) is 5.82 Å². The quantitative estimate of drug-likeness (QED) is 0.852. The largest absolute Gasteiger partial charge is 0.375 e. The number of carbonyl (C=O) groups excluding carboxylic acids is 1. The van der Waals surface area contributed by atoms with E-state index in [0.717, 1.165) is 18.7 Å². The molecular formula is C19H23N3O3. The maximum absolute atomic E-state index is 12.8. The first-order chi connectivity index (χ1) is 12.1. The first-order valence-corrected chi connectivity index (χ1v) is 9.03. The van der Waals surface area contributed by atoms with Gasteiger partial charge in [0.05, 0.1) is 23.6 Å². The number of carbonyl (C=O) groups is 1. The van der Waals surface area contributed by atoms with E-state index in [1.54, 1.807) is 0 Å². The Balaban J connectivity index is 1.57. The van der Waals surface area contributed by atoms with Crippen molar-refractivity contribution in [1.82, 2.24) is 14.5 Å². The number of morpholine rings is 1. The van der Waals surface area contributed by atoms with Gasteiger partial charge in [-0.25, -0.2) is 4.98 Å². The fourth-order valence-corrected chi connectivity index (χ4v) is 3.50. The molecule has 1 amide bonds. The van der Waals surface area contributed by atoms with E-state index in [1.165, 1.54) is 0 Å². The van der Waals surface area contributed by atoms with Gasteiger partial charge in [-0.1, -0.05) is 12.1 Å². The summed E-state index contributed by atoms with van der Waals surface area (Å²) in [7, 11) is 0. The van der Waals surface area contributed by atoms with Gasteiger partial charge in [0, 0.05) is 32.0 Å². The normalized spacial score (nSPS) is 20.8. The van der Waals surface area contributed by atoms with Crippen LogP contribution in [-0.2, 0) is 16.0 Å². The molecule has 0 radical (unpaired) electrons. The Bertz CT molecular complexity index is 857. The lowest BCUT2D eigenvalue weighted by Gasteiger charge is -2.31. The van der Waals surface area contributed by atoms with Crippen molar-refractivity contribution in [2.75, 3.05) is 19.7 Å². The number of hydrogen-bond donors (Lipinski definition) is 0. The lowest BCUT2D eigenvalue weighted by atomic mass is 10.2. The zero-order chi connectivity index (χ0) is 17.4. The summed E-state index contributed by atoms with van der Waals surface area (Å²) in [4.78, 5) is 31.9. The summed E-state index contributed by atoms with van der Waals surface area (Å²) in [5.74, 6) is 0.848. The third-order valence-electron chi connectivity index (χ3n) is 4.95. The van der Waals surface area contributed by atoms with Crippen molar-refractivity contribution in [3.63, 3.8) is 0 Å². The van der Waals surface area contributed by atoms with Crippen molar-refractivity contribution in [2.24, 2.45) is 0 Å². The number of rotatable bonds is 4. The molecule has 2 heterocycles. The molecule has 1 aliphatic carbocycles. The minimum atomic E-state index is 0.0237. The predicted octanol–water partition coefficient (Wildman–Crippen LogP) is 1.91. The summed E-state index contributed by atoms with van der Waals surface area (Å²) in [6.45, 7) is 3.85. The minimum Gasteiger partial charge on any atom is -0.375 e. The van der Waals surface area contributed by atoms with Crippen molar-refractivity contribution in [2.45, 2.75) is 44.8 Å². The van der Waals surface area contributed by atoms with Gasteiger partial charge in [0.2, 0.25) is 5.91 Å². The van der Waals surface area contributed by atoms with Gasteiger partial charge in [0.25, 0.3) is 5.56 Å². The Kier molecular flexibility index (Phi) is 4.29. The van der Waals surface area contributed by atoms with Crippen LogP contribution in [0, 0.1) is 0 Å². The van der Waals surface area contributed by atoms with Gasteiger partial charge in [-0.3, -0.25) is 14.2 Å². The first kappa shape index (κ1) is 16.3. The van der Waals surface area contributed by atoms with Gasteiger partial charge in [0.15, 0.2) is 0 Å². The smallest absolute Gasteiger partial charge is 0.261 e. The summed E-state index contributed by atoms with van der Waals surface area (Å²) in [5, 5.41) is 0.659. The third-order valence-corrected chi connectivity index (χ3v) is 4.95. The van der Waals surface area contributed by atoms with Crippen molar-refractivity contribution in [1.29, 1.82) is 0 Å². The zero-order valence-corrected chi connectivity index (χ0v) is 14.5. The van der Waals surface area contributed by atoms with E-state index in [-0.39, 0.29) is 23.6 Å². The molecule has 6 nitrogen and oxygen atoms in total. The van der Waals surface area contributed by atoms with E-state index in [4.69, 9.17) is 9.72 Å². The van der Waals surface area contributed by atoms with Gasteiger partial charge in [-0.15, -0.1) is 0 Å². The van der Waals surface area contributed by atoms with Crippen LogP contribution >= 0.6 is 0 Å². The molecule has 25 heavy (non-hydrogen) atoms. The Labute approximate surface area is 146 Å². The summed E-state index contributed by atoms with van der Waals surface area (Å²) in [6.07, 6.45) is 3.00. The van der Waals surface area contributed by atoms with E-state index in [1.807, 2.05) is 40.7 Å². The number of benzene rings is 1. The Morgan fingerprint density at radius 2 is 2.12 bits per heavy atom. The number of amides is 1. The summed E-state index contributed by atoms with van der Waals surface area (Å²) >= 11 is 0. The lowest BCUT2D eigenvalue weighted by molar-refractivity contribution is -0.138. The molecule has 1 aromatic carbocycles. The molecule has 132 valence electrons. The molecule has 1 atom stereocenters. The fourth-order valence-electron chi connectivity index (χ4n) is 3.50. The average molecular weight is 341 g/mol. The number of nitrogens with zero attached hydrogens (tertiary/aromatic N) is 3. The number of para-hydroxylation sites is 1. The van der Waals surface area contributed by atoms with E-state index in [9.17, 15) is 9.59 Å². The van der Waals surface area contributed by atoms with Gasteiger partial charge < -0.3 is 9.64 Å². The molecule has 0 spiro atoms. The Morgan fingerprint density at radius 3 is 2.88 bits per heavy atom. The van der Waals surface area contributed by atoms with Crippen molar-refractivity contribution in [3.8, 4) is 0 Å². The highest BCUT2D eigenvalue weighted by Gasteiger charge is 2.29. The molecule has 1 aliphatic heterocycles. The fraction of sp³-hybridized carbons (Fsp3) is 0.526. The number of aromatic nitrogens is 2. The van der Waals surface area contributed by atoms with E-state index < -0.39 is 0 Å². The Morgan fingerprint density at radius 1 is 1.32 bits per heavy atom. The molecular weight excluding hydrogens is 318 g/mol. The minimum absolute atomic E-state index is 0.0237. The SMILES string of the molecule is CC1CN(C(=O)CCc2nc3ccccc3c(=O)n2C2CC2)CCO1. The molecule has 1 aromatic heterocycles. The highest BCUT2D eigenvalue weighted by atomic mass is 16.5. The second kappa shape index (κ2) is 6.59. The van der Waals surface area contributed by atoms with Gasteiger partial charge in [-0.2, -0.15) is 0 Å². The molecule has 2 aromatic rings. The zero-order valence-electron chi connectivity index (χ0n) is 14.5. The molecule has 1 saturated heterocycles. The second-order valence-corrected chi connectivity index (χ2v) is 6.97. The third kappa shape index (κ3) is 3.31. The van der Waals surface area contributed by atoms with Crippen LogP contribution in [0.3, 0.4) is 0 Å². The monoisotopic (exact) mass is 341 g/mol. The summed E-state index contributed by atoms with van der Waals surface area (Å²) < 4.78 is 7.31. The number of aryl methyl sites for hydroxylation is 1. The van der Waals surface area contributed by atoms with Crippen molar-refractivity contribution in [3.05, 3.63) is 40.4 Å². The van der Waals surface area contributed by atoms with Crippen LogP contribution in [0.5, 0.6) is 0 Å². The summed E-state index contributed by atoms with van der Waals surface area (Å²) in [6, 6.07) is 7.69. The van der Waals surface area contributed by atoms with Crippen LogP contribution in [0.1, 0.15) is 38.1 Å². The maximum atomic E-state index is 12.8. The highest BCUT2D eigenvalue weighted by molar-refractivity contribution is 5.78. The maximum Gasteiger partial charge on any atom is 0.261 e. The molecule has 0 N–H and O–H groups in total. The molecule has 4 rings (SSSR count). The summed E-state index contributed by atoms with van der Waals surface area (Å²) in [5.41, 5.74) is 0.738. The molecule has 1 saturated carbocycles. The van der Waals surface area contributed by atoms with Crippen molar-refractivity contribution >= 4 is 16.8 Å². The van der Waals surface area contributed by atoms with Crippen LogP contribution in [-0.4, -0.2) is 46.2 Å². The van der Waals surface area contributed by atoms with Crippen LogP contribution in [0.15, 0.2) is 29.1 Å². The standard InChI is InChI=1S/C19H23N3O3/c1-13-12-21(10-11-25-13)18(23)9-8-17-20-16-5-3-2-4-15(16)19(24)22(17)14-6-7-14/h2-5,13-14H,6-12H2,1H3. The van der Waals surface area contributed by atoms with Gasteiger partial charge in [-0.05, 0) is 31.9 Å². The predicted molar refractivity (Wildman–Crippen MR) is 94.6 cm³/mol. The van der Waals surface area contributed by atoms with E-state index >= 15 is 0 Å². The van der Waals surface area contributed by atoms with Crippen LogP contribution in [0.25, 0.3) is 10.9 Å². The van der Waals surface area contributed by atoms with Crippen LogP contribution in [0.2, 0.25) is 0 Å². The first-order valence-electron chi connectivity index (χ1n) is 9.03. The molecule has 0 bridgehead atoms. The van der Waals surface area contributed by atoms with Crippen molar-refractivity contribution < 1.29 is 9.53 Å². The number of hydrogen-bond acceptors (Lipinski definition) is 4. The molecule has 2 fully saturated rings. The topological polar surface area (TPSA) is 64.4 Å². The lowest BCUT2D eigenvalue weighted by Crippen LogP contribution is -2.44. The second-order valence-electron chi connectivity index (χ2n) is 6.97. The highest BCUT2D eigenvalue weighted by Crippen LogP contribution is 2.34. The average Bonchev–Trinajstić information content (AvgIpc) is 3.44. The van der Waals surface area contributed by atoms with Gasteiger partial charge >= 0.3 is 0 Å². The van der Waals surface area contributed by atoms with E-state index in [0.29, 0.717) is 43.4 Å². The van der Waals surface area contributed by atoms with Crippen LogP contribution in [0.4, 0.5) is 0 Å². The molecule has 1 unspecified atom stereocenters. The molecule has 6 heteroatoms. The number of fused-ring (bicyclic) bond motifs is 1. The Hall–Kier alpha value is -2.21.